The first-order valence-electron chi connectivity index (χ1n) is 5.67. The zero-order valence-corrected chi connectivity index (χ0v) is 8.84. The minimum Gasteiger partial charge on any atom is -0.363 e. The molecule has 13 heavy (non-hydrogen) atoms. The maximum Gasteiger partial charge on any atom is 0.0849 e. The van der Waals surface area contributed by atoms with Crippen molar-refractivity contribution in [1.29, 1.82) is 0 Å². The fourth-order valence-corrected chi connectivity index (χ4v) is 1.66. The highest BCUT2D eigenvalue weighted by molar-refractivity contribution is 5.54. The zero-order chi connectivity index (χ0) is 9.36. The third-order valence-corrected chi connectivity index (χ3v) is 2.53. The summed E-state index contributed by atoms with van der Waals surface area (Å²) in [5, 5.41) is 0. The molecule has 0 atom stereocenters. The molecule has 1 heterocycles. The molecule has 0 saturated carbocycles. The van der Waals surface area contributed by atoms with Gasteiger partial charge in [-0.3, -0.25) is 4.99 Å². The predicted molar refractivity (Wildman–Crippen MR) is 58.3 cm³/mol. The van der Waals surface area contributed by atoms with Crippen LogP contribution in [0.25, 0.3) is 0 Å². The fraction of sp³-hybridized carbons (Fsp3) is 0.909. The first-order valence-corrected chi connectivity index (χ1v) is 5.67. The van der Waals surface area contributed by atoms with Gasteiger partial charge in [-0.2, -0.15) is 0 Å². The summed E-state index contributed by atoms with van der Waals surface area (Å²) in [6.45, 7) is 5.69. The highest BCUT2D eigenvalue weighted by Crippen LogP contribution is 2.06. The first kappa shape index (κ1) is 10.6. The van der Waals surface area contributed by atoms with Crippen LogP contribution in [0.5, 0.6) is 0 Å². The highest BCUT2D eigenvalue weighted by atomic mass is 15.1. The van der Waals surface area contributed by atoms with Crippen molar-refractivity contribution in [3.05, 3.63) is 0 Å². The fourth-order valence-electron chi connectivity index (χ4n) is 1.66. The van der Waals surface area contributed by atoms with E-state index in [1.165, 1.54) is 51.6 Å². The Morgan fingerprint density at radius 1 is 1.15 bits per heavy atom. The summed E-state index contributed by atoms with van der Waals surface area (Å²) in [6.07, 6.45) is 10.0. The number of hydrogen-bond acceptors (Lipinski definition) is 1. The molecule has 76 valence electrons. The van der Waals surface area contributed by atoms with Crippen molar-refractivity contribution in [3.8, 4) is 0 Å². The van der Waals surface area contributed by atoms with E-state index in [0.29, 0.717) is 0 Å². The van der Waals surface area contributed by atoms with Crippen LogP contribution in [0.1, 0.15) is 45.4 Å². The standard InChI is InChI=1S/C11H22N2/c1-2-3-5-8-12-11-13-9-6-4-7-10-13/h11H,2-10H2,1H3. The summed E-state index contributed by atoms with van der Waals surface area (Å²) in [4.78, 5) is 6.79. The number of aliphatic imine (C=N–C) groups is 1. The molecule has 0 unspecified atom stereocenters. The molecule has 0 N–H and O–H groups in total. The molecule has 0 aromatic carbocycles. The van der Waals surface area contributed by atoms with Gasteiger partial charge in [0.2, 0.25) is 0 Å². The predicted octanol–water partition coefficient (Wildman–Crippen LogP) is 2.69. The number of piperidine rings is 1. The molecule has 0 aromatic heterocycles. The third kappa shape index (κ3) is 4.91. The van der Waals surface area contributed by atoms with Crippen LogP contribution in [0.15, 0.2) is 4.99 Å². The van der Waals surface area contributed by atoms with Gasteiger partial charge < -0.3 is 4.90 Å². The van der Waals surface area contributed by atoms with Gasteiger partial charge in [0.05, 0.1) is 6.34 Å². The average Bonchev–Trinajstić information content (AvgIpc) is 2.19. The second-order valence-corrected chi connectivity index (χ2v) is 3.83. The maximum absolute atomic E-state index is 4.43. The number of unbranched alkanes of at least 4 members (excludes halogenated alkanes) is 2. The number of nitrogens with zero attached hydrogens (tertiary/aromatic N) is 2. The normalized spacial score (nSPS) is 18.4. The Kier molecular flexibility index (Phi) is 5.62. The minimum atomic E-state index is 1.02. The summed E-state index contributed by atoms with van der Waals surface area (Å²) in [7, 11) is 0. The summed E-state index contributed by atoms with van der Waals surface area (Å²) in [6, 6.07) is 0. The Morgan fingerprint density at radius 2 is 1.92 bits per heavy atom. The molecule has 0 aromatic rings. The average molecular weight is 182 g/mol. The van der Waals surface area contributed by atoms with E-state index in [1.807, 2.05) is 0 Å². The number of likely N-dealkylation sites (tertiary alicyclic amines) is 1. The summed E-state index contributed by atoms with van der Waals surface area (Å²) in [5.41, 5.74) is 0. The van der Waals surface area contributed by atoms with Crippen LogP contribution in [-0.2, 0) is 0 Å². The van der Waals surface area contributed by atoms with Crippen LogP contribution in [0.3, 0.4) is 0 Å². The Hall–Kier alpha value is -0.530. The Balaban J connectivity index is 2.01. The lowest BCUT2D eigenvalue weighted by atomic mass is 10.1. The van der Waals surface area contributed by atoms with Crippen molar-refractivity contribution < 1.29 is 0 Å². The van der Waals surface area contributed by atoms with Crippen molar-refractivity contribution in [2.24, 2.45) is 4.99 Å². The smallest absolute Gasteiger partial charge is 0.0849 e. The Morgan fingerprint density at radius 3 is 2.62 bits per heavy atom. The molecule has 0 aliphatic carbocycles. The van der Waals surface area contributed by atoms with Gasteiger partial charge in [-0.15, -0.1) is 0 Å². The van der Waals surface area contributed by atoms with E-state index >= 15 is 0 Å². The summed E-state index contributed by atoms with van der Waals surface area (Å²) >= 11 is 0. The SMILES string of the molecule is CCCCCN=CN1CCCCC1. The minimum absolute atomic E-state index is 1.02. The van der Waals surface area contributed by atoms with Crippen LogP contribution in [0.2, 0.25) is 0 Å². The van der Waals surface area contributed by atoms with Crippen LogP contribution in [0.4, 0.5) is 0 Å². The largest absolute Gasteiger partial charge is 0.363 e. The lowest BCUT2D eigenvalue weighted by molar-refractivity contribution is 0.350. The van der Waals surface area contributed by atoms with Crippen LogP contribution < -0.4 is 0 Å². The van der Waals surface area contributed by atoms with E-state index in [2.05, 4.69) is 23.2 Å². The second kappa shape index (κ2) is 6.93. The summed E-state index contributed by atoms with van der Waals surface area (Å²) < 4.78 is 0. The monoisotopic (exact) mass is 182 g/mol. The van der Waals surface area contributed by atoms with Gasteiger partial charge in [0, 0.05) is 19.6 Å². The van der Waals surface area contributed by atoms with Gasteiger partial charge in [0.1, 0.15) is 0 Å². The molecule has 1 aliphatic rings. The van der Waals surface area contributed by atoms with Gasteiger partial charge in [-0.25, -0.2) is 0 Å². The van der Waals surface area contributed by atoms with E-state index in [0.717, 1.165) is 6.54 Å². The quantitative estimate of drug-likeness (QED) is 0.362. The molecule has 1 rings (SSSR count). The van der Waals surface area contributed by atoms with Crippen molar-refractivity contribution in [1.82, 2.24) is 4.90 Å². The van der Waals surface area contributed by atoms with Crippen molar-refractivity contribution in [2.45, 2.75) is 45.4 Å². The van der Waals surface area contributed by atoms with Crippen LogP contribution in [0, 0.1) is 0 Å². The van der Waals surface area contributed by atoms with Gasteiger partial charge in [-0.05, 0) is 25.7 Å². The number of hydrogen-bond donors (Lipinski definition) is 0. The molecule has 2 heteroatoms. The van der Waals surface area contributed by atoms with E-state index in [1.54, 1.807) is 0 Å². The molecule has 2 nitrogen and oxygen atoms in total. The van der Waals surface area contributed by atoms with E-state index < -0.39 is 0 Å². The van der Waals surface area contributed by atoms with E-state index in [9.17, 15) is 0 Å². The Bertz CT molecular complexity index is 137. The lowest BCUT2D eigenvalue weighted by Crippen LogP contribution is -2.28. The van der Waals surface area contributed by atoms with Gasteiger partial charge >= 0.3 is 0 Å². The van der Waals surface area contributed by atoms with Crippen molar-refractivity contribution in [3.63, 3.8) is 0 Å². The van der Waals surface area contributed by atoms with Crippen molar-refractivity contribution in [2.75, 3.05) is 19.6 Å². The van der Waals surface area contributed by atoms with Gasteiger partial charge in [0.25, 0.3) is 0 Å². The van der Waals surface area contributed by atoms with Crippen LogP contribution >= 0.6 is 0 Å². The van der Waals surface area contributed by atoms with Gasteiger partial charge in [-0.1, -0.05) is 19.8 Å². The van der Waals surface area contributed by atoms with Crippen molar-refractivity contribution >= 4 is 6.34 Å². The molecule has 0 bridgehead atoms. The number of rotatable bonds is 5. The molecule has 1 saturated heterocycles. The van der Waals surface area contributed by atoms with E-state index in [4.69, 9.17) is 0 Å². The maximum atomic E-state index is 4.43. The first-order chi connectivity index (χ1) is 6.43. The molecule has 0 amide bonds. The zero-order valence-electron chi connectivity index (χ0n) is 8.84. The molecule has 1 aliphatic heterocycles. The lowest BCUT2D eigenvalue weighted by Gasteiger charge is -2.23. The third-order valence-electron chi connectivity index (χ3n) is 2.53. The van der Waals surface area contributed by atoms with Crippen LogP contribution in [-0.4, -0.2) is 30.9 Å². The molecular weight excluding hydrogens is 160 g/mol. The highest BCUT2D eigenvalue weighted by Gasteiger charge is 2.04. The molecular formula is C11H22N2. The Labute approximate surface area is 82.0 Å². The summed E-state index contributed by atoms with van der Waals surface area (Å²) in [5.74, 6) is 0. The molecule has 1 fully saturated rings. The van der Waals surface area contributed by atoms with Gasteiger partial charge in [0.15, 0.2) is 0 Å². The van der Waals surface area contributed by atoms with E-state index in [-0.39, 0.29) is 0 Å². The second-order valence-electron chi connectivity index (χ2n) is 3.83. The molecule has 0 radical (unpaired) electrons. The topological polar surface area (TPSA) is 15.6 Å². The molecule has 0 spiro atoms.